The minimum Gasteiger partial charge on any atom is -0.399 e. The van der Waals surface area contributed by atoms with Gasteiger partial charge in [0.1, 0.15) is 0 Å². The predicted molar refractivity (Wildman–Crippen MR) is 98.3 cm³/mol. The van der Waals surface area contributed by atoms with Gasteiger partial charge in [-0.2, -0.15) is 0 Å². The molecule has 2 aromatic rings. The Hall–Kier alpha value is -2.34. The van der Waals surface area contributed by atoms with Gasteiger partial charge >= 0.3 is 0 Å². The van der Waals surface area contributed by atoms with E-state index in [1.165, 1.54) is 6.07 Å². The van der Waals surface area contributed by atoms with E-state index in [0.717, 1.165) is 42.3 Å². The number of nitrogen functional groups attached to an aromatic ring is 1. The first-order valence-corrected chi connectivity index (χ1v) is 10.1. The highest BCUT2D eigenvalue weighted by molar-refractivity contribution is 7.90. The van der Waals surface area contributed by atoms with Crippen LogP contribution >= 0.6 is 0 Å². The zero-order valence-electron chi connectivity index (χ0n) is 14.4. The fourth-order valence-electron chi connectivity index (χ4n) is 3.37. The largest absolute Gasteiger partial charge is 0.399 e. The molecule has 1 amide bonds. The quantitative estimate of drug-likeness (QED) is 0.826. The van der Waals surface area contributed by atoms with Gasteiger partial charge in [0.05, 0.1) is 10.9 Å². The molecule has 25 heavy (non-hydrogen) atoms. The molecule has 3 rings (SSSR count). The number of benzene rings is 2. The number of hydrogen-bond donors (Lipinski definition) is 2. The van der Waals surface area contributed by atoms with Crippen molar-refractivity contribution in [2.75, 3.05) is 12.0 Å². The van der Waals surface area contributed by atoms with E-state index in [4.69, 9.17) is 5.73 Å². The molecule has 0 aliphatic heterocycles. The van der Waals surface area contributed by atoms with Crippen molar-refractivity contribution in [1.29, 1.82) is 0 Å². The SMILES string of the molecule is Cc1ccc(C(=O)NC2CCCc3cc(N)ccc32)cc1S(C)(=O)=O. The van der Waals surface area contributed by atoms with Crippen LogP contribution in [0.5, 0.6) is 0 Å². The maximum atomic E-state index is 12.6. The van der Waals surface area contributed by atoms with Crippen molar-refractivity contribution >= 4 is 21.4 Å². The highest BCUT2D eigenvalue weighted by Gasteiger charge is 2.23. The van der Waals surface area contributed by atoms with E-state index in [2.05, 4.69) is 5.32 Å². The van der Waals surface area contributed by atoms with Crippen LogP contribution in [-0.2, 0) is 16.3 Å². The van der Waals surface area contributed by atoms with Gasteiger partial charge in [0.2, 0.25) is 0 Å². The first-order chi connectivity index (χ1) is 11.8. The number of aryl methyl sites for hydroxylation is 2. The topological polar surface area (TPSA) is 89.3 Å². The second-order valence-corrected chi connectivity index (χ2v) is 8.61. The Balaban J connectivity index is 1.87. The van der Waals surface area contributed by atoms with Crippen LogP contribution in [0.2, 0.25) is 0 Å². The van der Waals surface area contributed by atoms with Gasteiger partial charge in [-0.05, 0) is 67.1 Å². The molecule has 132 valence electrons. The molecule has 0 aromatic heterocycles. The summed E-state index contributed by atoms with van der Waals surface area (Å²) >= 11 is 0. The summed E-state index contributed by atoms with van der Waals surface area (Å²) in [4.78, 5) is 12.8. The van der Waals surface area contributed by atoms with E-state index < -0.39 is 9.84 Å². The third kappa shape index (κ3) is 3.69. The second kappa shape index (κ2) is 6.52. The molecule has 0 radical (unpaired) electrons. The number of sulfone groups is 1. The van der Waals surface area contributed by atoms with E-state index in [0.29, 0.717) is 11.1 Å². The summed E-state index contributed by atoms with van der Waals surface area (Å²) in [5.74, 6) is -0.264. The molecule has 0 heterocycles. The Morgan fingerprint density at radius 3 is 2.68 bits per heavy atom. The lowest BCUT2D eigenvalue weighted by atomic mass is 9.87. The summed E-state index contributed by atoms with van der Waals surface area (Å²) in [6.07, 6.45) is 3.94. The first-order valence-electron chi connectivity index (χ1n) is 8.25. The Bertz CT molecular complexity index is 936. The molecule has 1 aliphatic rings. The van der Waals surface area contributed by atoms with Crippen molar-refractivity contribution in [1.82, 2.24) is 5.32 Å². The molecule has 0 fully saturated rings. The van der Waals surface area contributed by atoms with Gasteiger partial charge in [-0.15, -0.1) is 0 Å². The van der Waals surface area contributed by atoms with Gasteiger partial charge in [-0.3, -0.25) is 4.79 Å². The summed E-state index contributed by atoms with van der Waals surface area (Å²) in [5.41, 5.74) is 9.81. The fourth-order valence-corrected chi connectivity index (χ4v) is 4.36. The zero-order valence-corrected chi connectivity index (χ0v) is 15.2. The van der Waals surface area contributed by atoms with Crippen molar-refractivity contribution in [2.45, 2.75) is 37.1 Å². The van der Waals surface area contributed by atoms with E-state index in [-0.39, 0.29) is 16.8 Å². The minimum absolute atomic E-state index is 0.0835. The Morgan fingerprint density at radius 1 is 1.20 bits per heavy atom. The Labute approximate surface area is 148 Å². The van der Waals surface area contributed by atoms with Crippen molar-refractivity contribution in [3.05, 3.63) is 58.7 Å². The molecule has 6 heteroatoms. The van der Waals surface area contributed by atoms with Crippen molar-refractivity contribution in [2.24, 2.45) is 0 Å². The normalized spacial score (nSPS) is 17.0. The molecule has 1 aliphatic carbocycles. The number of hydrogen-bond acceptors (Lipinski definition) is 4. The van der Waals surface area contributed by atoms with Crippen molar-refractivity contribution in [3.63, 3.8) is 0 Å². The molecule has 2 aromatic carbocycles. The summed E-state index contributed by atoms with van der Waals surface area (Å²) in [5, 5.41) is 3.03. The number of amides is 1. The van der Waals surface area contributed by atoms with E-state index in [1.54, 1.807) is 19.1 Å². The number of fused-ring (bicyclic) bond motifs is 1. The van der Waals surface area contributed by atoms with Crippen LogP contribution in [0.4, 0.5) is 5.69 Å². The number of nitrogens with one attached hydrogen (secondary N) is 1. The highest BCUT2D eigenvalue weighted by Crippen LogP contribution is 2.31. The molecule has 0 saturated carbocycles. The molecule has 1 atom stereocenters. The van der Waals surface area contributed by atoms with Gasteiger partial charge in [0.25, 0.3) is 5.91 Å². The third-order valence-corrected chi connectivity index (χ3v) is 5.88. The summed E-state index contributed by atoms with van der Waals surface area (Å²) in [6, 6.07) is 10.5. The van der Waals surface area contributed by atoms with Crippen LogP contribution in [-0.4, -0.2) is 20.6 Å². The van der Waals surface area contributed by atoms with Gasteiger partial charge in [-0.25, -0.2) is 8.42 Å². The van der Waals surface area contributed by atoms with E-state index >= 15 is 0 Å². The summed E-state index contributed by atoms with van der Waals surface area (Å²) < 4.78 is 23.7. The van der Waals surface area contributed by atoms with Crippen molar-refractivity contribution < 1.29 is 13.2 Å². The van der Waals surface area contributed by atoms with Crippen LogP contribution in [0.15, 0.2) is 41.3 Å². The first kappa shape index (κ1) is 17.5. The molecule has 0 bridgehead atoms. The Morgan fingerprint density at radius 2 is 1.96 bits per heavy atom. The smallest absolute Gasteiger partial charge is 0.251 e. The summed E-state index contributed by atoms with van der Waals surface area (Å²) in [7, 11) is -3.37. The number of carbonyl (C=O) groups is 1. The van der Waals surface area contributed by atoms with E-state index in [9.17, 15) is 13.2 Å². The second-order valence-electron chi connectivity index (χ2n) is 6.63. The van der Waals surface area contributed by atoms with Gasteiger partial charge in [0.15, 0.2) is 9.84 Å². The van der Waals surface area contributed by atoms with Crippen LogP contribution in [0, 0.1) is 6.92 Å². The monoisotopic (exact) mass is 358 g/mol. The molecule has 3 N–H and O–H groups in total. The number of rotatable bonds is 3. The maximum absolute atomic E-state index is 12.6. The average Bonchev–Trinajstić information content (AvgIpc) is 2.54. The van der Waals surface area contributed by atoms with Gasteiger partial charge in [-0.1, -0.05) is 12.1 Å². The maximum Gasteiger partial charge on any atom is 0.251 e. The fraction of sp³-hybridized carbons (Fsp3) is 0.316. The molecule has 0 spiro atoms. The molecule has 1 unspecified atom stereocenters. The molecular weight excluding hydrogens is 336 g/mol. The highest BCUT2D eigenvalue weighted by atomic mass is 32.2. The number of anilines is 1. The van der Waals surface area contributed by atoms with Gasteiger partial charge in [0, 0.05) is 17.5 Å². The minimum atomic E-state index is -3.37. The van der Waals surface area contributed by atoms with Crippen LogP contribution in [0.3, 0.4) is 0 Å². The lowest BCUT2D eigenvalue weighted by Gasteiger charge is -2.26. The molecular formula is C19H22N2O3S. The molecule has 0 saturated heterocycles. The third-order valence-electron chi connectivity index (χ3n) is 4.64. The average molecular weight is 358 g/mol. The van der Waals surface area contributed by atoms with Crippen LogP contribution in [0.25, 0.3) is 0 Å². The molecule has 5 nitrogen and oxygen atoms in total. The Kier molecular flexibility index (Phi) is 4.56. The number of carbonyl (C=O) groups excluding carboxylic acids is 1. The van der Waals surface area contributed by atoms with Gasteiger partial charge < -0.3 is 11.1 Å². The predicted octanol–water partition coefficient (Wildman–Crippen LogP) is 2.79. The summed E-state index contributed by atoms with van der Waals surface area (Å²) in [6.45, 7) is 1.72. The standard InChI is InChI=1S/C19H22N2O3S/c1-12-6-7-14(11-18(12)25(2,23)24)19(22)21-17-5-3-4-13-10-15(20)8-9-16(13)17/h6-11,17H,3-5,20H2,1-2H3,(H,21,22). The van der Waals surface area contributed by atoms with Crippen LogP contribution < -0.4 is 11.1 Å². The lowest BCUT2D eigenvalue weighted by Crippen LogP contribution is -2.31. The van der Waals surface area contributed by atoms with Crippen molar-refractivity contribution in [3.8, 4) is 0 Å². The van der Waals surface area contributed by atoms with E-state index in [1.807, 2.05) is 18.2 Å². The zero-order chi connectivity index (χ0) is 18.2. The van der Waals surface area contributed by atoms with Crippen LogP contribution in [0.1, 0.15) is 45.9 Å². The number of nitrogens with two attached hydrogens (primary N) is 1. The lowest BCUT2D eigenvalue weighted by molar-refractivity contribution is 0.0932.